The lowest BCUT2D eigenvalue weighted by Gasteiger charge is -2.40. The Morgan fingerprint density at radius 1 is 1.36 bits per heavy atom. The summed E-state index contributed by atoms with van der Waals surface area (Å²) in [6, 6.07) is 3.08. The normalized spacial score (nSPS) is 16.9. The van der Waals surface area contributed by atoms with E-state index in [1.54, 1.807) is 17.8 Å². The van der Waals surface area contributed by atoms with E-state index in [0.29, 0.717) is 17.9 Å². The molecule has 0 N–H and O–H groups in total. The van der Waals surface area contributed by atoms with Gasteiger partial charge in [0, 0.05) is 36.3 Å². The van der Waals surface area contributed by atoms with Crippen molar-refractivity contribution in [2.24, 2.45) is 0 Å². The minimum absolute atomic E-state index is 0.0709. The third kappa shape index (κ3) is 4.27. The lowest BCUT2D eigenvalue weighted by atomic mass is 9.87. The third-order valence-corrected chi connectivity index (χ3v) is 5.16. The van der Waals surface area contributed by atoms with Crippen molar-refractivity contribution < 1.29 is 22.3 Å². The first-order valence-corrected chi connectivity index (χ1v) is 9.44. The van der Waals surface area contributed by atoms with Crippen LogP contribution in [0.5, 0.6) is 5.75 Å². The van der Waals surface area contributed by atoms with Crippen LogP contribution in [0.25, 0.3) is 0 Å². The second-order valence-corrected chi connectivity index (χ2v) is 7.46. The van der Waals surface area contributed by atoms with Crippen LogP contribution in [0.2, 0.25) is 5.02 Å². The first-order chi connectivity index (χ1) is 13.1. The van der Waals surface area contributed by atoms with Gasteiger partial charge >= 0.3 is 6.18 Å². The van der Waals surface area contributed by atoms with Crippen LogP contribution in [-0.4, -0.2) is 47.1 Å². The molecule has 1 aromatic carbocycles. The standard InChI is InChI=1S/C19H22ClF4N3O/c1-4-28-18-14(12(3)27-6-5-11(2)25-27)7-15(20)17(21)16(18)13-8-26(9-13)10-19(22,23)24/h5-7,12-13H,4,8-10H2,1-3H3. The fourth-order valence-electron chi connectivity index (χ4n) is 3.56. The predicted molar refractivity (Wildman–Crippen MR) is 98.6 cm³/mol. The van der Waals surface area contributed by atoms with Crippen LogP contribution in [0, 0.1) is 12.7 Å². The van der Waals surface area contributed by atoms with E-state index in [1.165, 1.54) is 11.0 Å². The number of hydrogen-bond donors (Lipinski definition) is 0. The Hall–Kier alpha value is -1.80. The molecule has 0 saturated carbocycles. The lowest BCUT2D eigenvalue weighted by Crippen LogP contribution is -2.49. The van der Waals surface area contributed by atoms with E-state index in [2.05, 4.69) is 5.10 Å². The van der Waals surface area contributed by atoms with E-state index in [0.717, 1.165) is 5.69 Å². The molecule has 4 nitrogen and oxygen atoms in total. The Labute approximate surface area is 166 Å². The first-order valence-electron chi connectivity index (χ1n) is 9.06. The lowest BCUT2D eigenvalue weighted by molar-refractivity contribution is -0.155. The molecule has 3 rings (SSSR count). The van der Waals surface area contributed by atoms with Crippen molar-refractivity contribution in [2.75, 3.05) is 26.2 Å². The van der Waals surface area contributed by atoms with Gasteiger partial charge < -0.3 is 4.74 Å². The first kappa shape index (κ1) is 20.9. The average molecular weight is 420 g/mol. The van der Waals surface area contributed by atoms with Gasteiger partial charge in [-0.15, -0.1) is 0 Å². The molecule has 9 heteroatoms. The smallest absolute Gasteiger partial charge is 0.401 e. The van der Waals surface area contributed by atoms with E-state index in [9.17, 15) is 17.6 Å². The summed E-state index contributed by atoms with van der Waals surface area (Å²) in [6.45, 7) is 5.02. The molecule has 1 saturated heterocycles. The molecule has 2 aromatic rings. The molecule has 1 fully saturated rings. The second-order valence-electron chi connectivity index (χ2n) is 7.06. The molecule has 0 bridgehead atoms. The Bertz CT molecular complexity index is 846. The van der Waals surface area contributed by atoms with Crippen molar-refractivity contribution in [1.29, 1.82) is 0 Å². The van der Waals surface area contributed by atoms with Gasteiger partial charge in [-0.2, -0.15) is 18.3 Å². The number of benzene rings is 1. The quantitative estimate of drug-likeness (QED) is 0.620. The monoisotopic (exact) mass is 419 g/mol. The SMILES string of the molecule is CCOc1c(C(C)n2ccc(C)n2)cc(Cl)c(F)c1C1CN(CC(F)(F)F)C1. The number of aryl methyl sites for hydroxylation is 1. The topological polar surface area (TPSA) is 30.3 Å². The number of likely N-dealkylation sites (tertiary alicyclic amines) is 1. The van der Waals surface area contributed by atoms with Gasteiger partial charge in [0.05, 0.1) is 29.9 Å². The van der Waals surface area contributed by atoms with E-state index < -0.39 is 24.5 Å². The van der Waals surface area contributed by atoms with Crippen molar-refractivity contribution in [3.8, 4) is 5.75 Å². The summed E-state index contributed by atoms with van der Waals surface area (Å²) in [5.74, 6) is -0.691. The predicted octanol–water partition coefficient (Wildman–Crippen LogP) is 4.95. The van der Waals surface area contributed by atoms with Gasteiger partial charge in [-0.1, -0.05) is 11.6 Å². The molecule has 1 aromatic heterocycles. The largest absolute Gasteiger partial charge is 0.493 e. The molecule has 1 aliphatic heterocycles. The van der Waals surface area contributed by atoms with Gasteiger partial charge in [-0.25, -0.2) is 4.39 Å². The zero-order valence-electron chi connectivity index (χ0n) is 15.9. The van der Waals surface area contributed by atoms with Crippen LogP contribution < -0.4 is 4.74 Å². The maximum Gasteiger partial charge on any atom is 0.401 e. The van der Waals surface area contributed by atoms with Crippen LogP contribution in [0.4, 0.5) is 17.6 Å². The maximum absolute atomic E-state index is 14.9. The molecule has 154 valence electrons. The number of aromatic nitrogens is 2. The fourth-order valence-corrected chi connectivity index (χ4v) is 3.78. The van der Waals surface area contributed by atoms with Gasteiger partial charge in [0.15, 0.2) is 0 Å². The average Bonchev–Trinajstić information content (AvgIpc) is 3.00. The van der Waals surface area contributed by atoms with Gasteiger partial charge in [-0.05, 0) is 32.9 Å². The van der Waals surface area contributed by atoms with Gasteiger partial charge in [-0.3, -0.25) is 9.58 Å². The Kier molecular flexibility index (Phi) is 5.91. The molecular formula is C19H22ClF4N3O. The van der Waals surface area contributed by atoms with Crippen molar-refractivity contribution in [3.63, 3.8) is 0 Å². The molecule has 0 radical (unpaired) electrons. The zero-order valence-corrected chi connectivity index (χ0v) is 16.6. The Morgan fingerprint density at radius 2 is 2.04 bits per heavy atom. The molecule has 0 amide bonds. The maximum atomic E-state index is 14.9. The van der Waals surface area contributed by atoms with Crippen LogP contribution in [0.15, 0.2) is 18.3 Å². The zero-order chi connectivity index (χ0) is 20.6. The van der Waals surface area contributed by atoms with Crippen molar-refractivity contribution in [3.05, 3.63) is 46.0 Å². The summed E-state index contributed by atoms with van der Waals surface area (Å²) >= 11 is 6.14. The van der Waals surface area contributed by atoms with Crippen LogP contribution in [0.1, 0.15) is 42.6 Å². The highest BCUT2D eigenvalue weighted by molar-refractivity contribution is 6.31. The van der Waals surface area contributed by atoms with E-state index in [4.69, 9.17) is 16.3 Å². The van der Waals surface area contributed by atoms with Gasteiger partial charge in [0.1, 0.15) is 11.6 Å². The van der Waals surface area contributed by atoms with Crippen molar-refractivity contribution in [2.45, 2.75) is 38.9 Å². The summed E-state index contributed by atoms with van der Waals surface area (Å²) in [4.78, 5) is 1.24. The molecule has 1 atom stereocenters. The number of hydrogen-bond acceptors (Lipinski definition) is 3. The van der Waals surface area contributed by atoms with Crippen molar-refractivity contribution >= 4 is 11.6 Å². The number of alkyl halides is 3. The molecule has 28 heavy (non-hydrogen) atoms. The summed E-state index contributed by atoms with van der Waals surface area (Å²) in [6.07, 6.45) is -2.47. The minimum atomic E-state index is -4.28. The van der Waals surface area contributed by atoms with E-state index in [1.807, 2.05) is 19.9 Å². The number of nitrogens with zero attached hydrogens (tertiary/aromatic N) is 3. The molecule has 2 heterocycles. The summed E-state index contributed by atoms with van der Waals surface area (Å²) < 4.78 is 60.2. The Morgan fingerprint density at radius 3 is 2.57 bits per heavy atom. The molecule has 0 spiro atoms. The highest BCUT2D eigenvalue weighted by Gasteiger charge is 2.40. The molecule has 0 aliphatic carbocycles. The summed E-state index contributed by atoms with van der Waals surface area (Å²) in [7, 11) is 0. The van der Waals surface area contributed by atoms with E-state index >= 15 is 0 Å². The Balaban J connectivity index is 1.97. The van der Waals surface area contributed by atoms with Crippen LogP contribution in [0.3, 0.4) is 0 Å². The fraction of sp³-hybridized carbons (Fsp3) is 0.526. The van der Waals surface area contributed by atoms with Crippen molar-refractivity contribution in [1.82, 2.24) is 14.7 Å². The van der Waals surface area contributed by atoms with Crippen LogP contribution >= 0.6 is 11.6 Å². The second kappa shape index (κ2) is 7.91. The molecular weight excluding hydrogens is 398 g/mol. The number of rotatable bonds is 6. The summed E-state index contributed by atoms with van der Waals surface area (Å²) in [5.41, 5.74) is 1.74. The molecule has 1 unspecified atom stereocenters. The number of ether oxygens (including phenoxy) is 1. The van der Waals surface area contributed by atoms with Gasteiger partial charge in [0.25, 0.3) is 0 Å². The third-order valence-electron chi connectivity index (χ3n) is 4.88. The molecule has 1 aliphatic rings. The minimum Gasteiger partial charge on any atom is -0.493 e. The summed E-state index contributed by atoms with van der Waals surface area (Å²) in [5, 5.41) is 4.32. The number of halogens is 5. The highest BCUT2D eigenvalue weighted by Crippen LogP contribution is 2.43. The van der Waals surface area contributed by atoms with Crippen LogP contribution in [-0.2, 0) is 0 Å². The highest BCUT2D eigenvalue weighted by atomic mass is 35.5. The van der Waals surface area contributed by atoms with Gasteiger partial charge in [0.2, 0.25) is 0 Å². The van der Waals surface area contributed by atoms with E-state index in [-0.39, 0.29) is 29.7 Å².